The van der Waals surface area contributed by atoms with Crippen LogP contribution in [0.1, 0.15) is 199 Å². The molecule has 2 rings (SSSR count). The van der Waals surface area contributed by atoms with E-state index in [1.54, 1.807) is 26.6 Å². The molecule has 0 aliphatic heterocycles. The molecule has 0 amide bonds. The van der Waals surface area contributed by atoms with Gasteiger partial charge in [0.1, 0.15) is 0 Å². The fourth-order valence-electron chi connectivity index (χ4n) is 11.4. The average molecular weight is 873 g/mol. The Balaban J connectivity index is 2.56. The van der Waals surface area contributed by atoms with Crippen LogP contribution in [0.4, 0.5) is 0 Å². The summed E-state index contributed by atoms with van der Waals surface area (Å²) in [5.41, 5.74) is 0. The van der Waals surface area contributed by atoms with Gasteiger partial charge in [0.05, 0.1) is 0 Å². The van der Waals surface area contributed by atoms with Gasteiger partial charge in [0.2, 0.25) is 0 Å². The molecule has 2 aliphatic rings. The van der Waals surface area contributed by atoms with Gasteiger partial charge >= 0.3 is 310 Å². The Kier molecular flexibility index (Phi) is 20.9. The normalized spacial score (nSPS) is 29.2. The van der Waals surface area contributed by atoms with Gasteiger partial charge in [0, 0.05) is 0 Å². The third-order valence-electron chi connectivity index (χ3n) is 15.0. The molecule has 0 bridgehead atoms. The standard InChI is InChI=1S/C20H36O.6C4H9.2Sn/c1-13(2)17-9-7-15(5)11-19(17)21-20-12-16(6)8-10-18(20)14(3)4;6*1-3-4-2;;/h13-14,17-20H,7-12H2,1-6H3;6*1,3-4H2,2H3;;. The number of unbranched alkanes of at least 4 members (excludes halogenated alkanes) is 6. The van der Waals surface area contributed by atoms with E-state index in [0.717, 1.165) is 23.7 Å². The topological polar surface area (TPSA) is 9.23 Å². The molecular weight excluding hydrogens is 782 g/mol. The van der Waals surface area contributed by atoms with E-state index in [0.29, 0.717) is 19.1 Å². The van der Waals surface area contributed by atoms with Crippen molar-refractivity contribution in [1.29, 1.82) is 0 Å². The van der Waals surface area contributed by atoms with Crippen molar-refractivity contribution in [1.82, 2.24) is 0 Å². The van der Waals surface area contributed by atoms with E-state index in [2.05, 4.69) is 83.1 Å². The van der Waals surface area contributed by atoms with E-state index in [1.165, 1.54) is 116 Å². The molecule has 0 radical (unpaired) electrons. The molecule has 0 aromatic carbocycles. The van der Waals surface area contributed by atoms with Crippen LogP contribution in [0.15, 0.2) is 0 Å². The van der Waals surface area contributed by atoms with Crippen molar-refractivity contribution in [3.8, 4) is 0 Å². The molecule has 0 saturated heterocycles. The minimum absolute atomic E-state index is 0.495. The van der Waals surface area contributed by atoms with Crippen LogP contribution in [0.2, 0.25) is 33.5 Å². The molecular formula is C44H90OSn2. The van der Waals surface area contributed by atoms with E-state index >= 15 is 0 Å². The van der Waals surface area contributed by atoms with Crippen molar-refractivity contribution >= 4 is 36.8 Å². The number of ether oxygens (including phenoxy) is 1. The first-order chi connectivity index (χ1) is 22.4. The minimum atomic E-state index is -2.47. The molecule has 0 N–H and O–H groups in total. The van der Waals surface area contributed by atoms with Gasteiger partial charge in [-0.05, 0) is 0 Å². The Labute approximate surface area is 307 Å². The van der Waals surface area contributed by atoms with Crippen LogP contribution < -0.4 is 0 Å². The Bertz CT molecular complexity index is 714. The average Bonchev–Trinajstić information content (AvgIpc) is 3.04. The molecule has 2 saturated carbocycles. The SMILES string of the molecule is CCC[CH2][Sn]([CH2]CCC)([CH2]CCC)[C]1(C)CCC(C(C)C)C(OC2C[C](C)([Sn]([CH2]CCC)([CH2]CCC)[CH2]CCC)CCC2C(C)C)C1. The molecule has 47 heavy (non-hydrogen) atoms. The van der Waals surface area contributed by atoms with E-state index in [-0.39, 0.29) is 0 Å². The summed E-state index contributed by atoms with van der Waals surface area (Å²) in [5.74, 6) is 2.98. The molecule has 0 heterocycles. The molecule has 0 aromatic rings. The predicted octanol–water partition coefficient (Wildman–Crippen LogP) is 15.9. The van der Waals surface area contributed by atoms with E-state index < -0.39 is 36.8 Å². The van der Waals surface area contributed by atoms with Crippen molar-refractivity contribution < 1.29 is 4.74 Å². The molecule has 6 unspecified atom stereocenters. The number of rotatable bonds is 24. The summed E-state index contributed by atoms with van der Waals surface area (Å²) in [6.07, 6.45) is 27.0. The Hall–Kier alpha value is 1.56. The molecule has 0 spiro atoms. The van der Waals surface area contributed by atoms with Crippen LogP contribution in [0.5, 0.6) is 0 Å². The summed E-state index contributed by atoms with van der Waals surface area (Å²) in [6.45, 7) is 30.6. The van der Waals surface area contributed by atoms with E-state index in [1.807, 2.05) is 0 Å². The first-order valence-electron chi connectivity index (χ1n) is 22.0. The maximum absolute atomic E-state index is 7.96. The predicted molar refractivity (Wildman–Crippen MR) is 220 cm³/mol. The van der Waals surface area contributed by atoms with Crippen molar-refractivity contribution in [3.63, 3.8) is 0 Å². The fourth-order valence-corrected chi connectivity index (χ4v) is 51.1. The van der Waals surface area contributed by atoms with Crippen LogP contribution in [-0.2, 0) is 4.74 Å². The molecule has 3 heteroatoms. The third-order valence-corrected chi connectivity index (χ3v) is 54.6. The van der Waals surface area contributed by atoms with E-state index in [4.69, 9.17) is 4.74 Å². The molecule has 0 aromatic heterocycles. The summed E-state index contributed by atoms with van der Waals surface area (Å²) in [5, 5.41) is 0. The second-order valence-corrected chi connectivity index (χ2v) is 48.9. The summed E-state index contributed by atoms with van der Waals surface area (Å²) in [4.78, 5) is 0. The van der Waals surface area contributed by atoms with Gasteiger partial charge < -0.3 is 0 Å². The molecule has 280 valence electrons. The van der Waals surface area contributed by atoms with Gasteiger partial charge in [-0.15, -0.1) is 0 Å². The van der Waals surface area contributed by atoms with Crippen molar-refractivity contribution in [2.24, 2.45) is 23.7 Å². The third kappa shape index (κ3) is 11.8. The summed E-state index contributed by atoms with van der Waals surface area (Å²) in [6, 6.07) is 0. The second kappa shape index (κ2) is 21.9. The quantitative estimate of drug-likeness (QED) is 0.0878. The Morgan fingerprint density at radius 2 is 0.745 bits per heavy atom. The van der Waals surface area contributed by atoms with Crippen LogP contribution in [-0.4, -0.2) is 49.0 Å². The zero-order valence-electron chi connectivity index (χ0n) is 34.8. The van der Waals surface area contributed by atoms with Crippen LogP contribution in [0, 0.1) is 23.7 Å². The summed E-state index contributed by atoms with van der Waals surface area (Å²) >= 11 is -4.93. The van der Waals surface area contributed by atoms with Gasteiger partial charge in [-0.3, -0.25) is 0 Å². The number of hydrogen-bond donors (Lipinski definition) is 0. The maximum atomic E-state index is 7.96. The first-order valence-corrected chi connectivity index (χ1v) is 37.0. The summed E-state index contributed by atoms with van der Waals surface area (Å²) in [7, 11) is 0. The zero-order chi connectivity index (χ0) is 35.1. The van der Waals surface area contributed by atoms with Crippen molar-refractivity contribution in [2.75, 3.05) is 0 Å². The van der Waals surface area contributed by atoms with Gasteiger partial charge in [-0.25, -0.2) is 0 Å². The van der Waals surface area contributed by atoms with Crippen molar-refractivity contribution in [2.45, 2.75) is 244 Å². The molecule has 2 fully saturated rings. The monoisotopic (exact) mass is 875 g/mol. The Morgan fingerprint density at radius 1 is 0.489 bits per heavy atom. The van der Waals surface area contributed by atoms with Gasteiger partial charge in [0.15, 0.2) is 0 Å². The fraction of sp³-hybridized carbons (Fsp3) is 1.00. The zero-order valence-corrected chi connectivity index (χ0v) is 40.6. The number of hydrogen-bond acceptors (Lipinski definition) is 1. The van der Waals surface area contributed by atoms with Gasteiger partial charge in [-0.1, -0.05) is 0 Å². The molecule has 6 atom stereocenters. The summed E-state index contributed by atoms with van der Waals surface area (Å²) < 4.78 is 19.1. The van der Waals surface area contributed by atoms with Gasteiger partial charge in [0.25, 0.3) is 0 Å². The second-order valence-electron chi connectivity index (χ2n) is 18.8. The Morgan fingerprint density at radius 3 is 0.957 bits per heavy atom. The van der Waals surface area contributed by atoms with Gasteiger partial charge in [-0.2, -0.15) is 0 Å². The van der Waals surface area contributed by atoms with Crippen LogP contribution in [0.25, 0.3) is 0 Å². The first kappa shape index (κ1) is 44.7. The van der Waals surface area contributed by atoms with Crippen molar-refractivity contribution in [3.05, 3.63) is 0 Å². The molecule has 1 nitrogen and oxygen atoms in total. The van der Waals surface area contributed by atoms with E-state index in [9.17, 15) is 0 Å². The molecule has 2 aliphatic carbocycles. The van der Waals surface area contributed by atoms with Crippen LogP contribution in [0.3, 0.4) is 0 Å². The van der Waals surface area contributed by atoms with Crippen LogP contribution >= 0.6 is 0 Å².